The third kappa shape index (κ3) is 3.19. The van der Waals surface area contributed by atoms with Gasteiger partial charge in [0.15, 0.2) is 0 Å². The topological polar surface area (TPSA) is 60.1 Å². The van der Waals surface area contributed by atoms with Crippen molar-refractivity contribution in [2.24, 2.45) is 5.73 Å². The first-order valence-electron chi connectivity index (χ1n) is 6.90. The van der Waals surface area contributed by atoms with Gasteiger partial charge in [-0.2, -0.15) is 0 Å². The molecule has 0 bridgehead atoms. The molecule has 0 radical (unpaired) electrons. The summed E-state index contributed by atoms with van der Waals surface area (Å²) in [6.07, 6.45) is 0. The Labute approximate surface area is 133 Å². The van der Waals surface area contributed by atoms with Crippen molar-refractivity contribution in [3.63, 3.8) is 0 Å². The molecule has 0 aliphatic heterocycles. The van der Waals surface area contributed by atoms with E-state index in [2.05, 4.69) is 25.8 Å². The molecule has 1 atom stereocenters. The van der Waals surface area contributed by atoms with E-state index in [-0.39, 0.29) is 11.9 Å². The molecule has 2 aromatic rings. The summed E-state index contributed by atoms with van der Waals surface area (Å²) in [5, 5.41) is 2.90. The SMILES string of the molecule is Cc1cc(C(=O)N[C@@H](C)CN)c(C)n1-c1ccccc1Br. The summed E-state index contributed by atoms with van der Waals surface area (Å²) in [5.41, 5.74) is 9.20. The summed E-state index contributed by atoms with van der Waals surface area (Å²) < 4.78 is 3.07. The quantitative estimate of drug-likeness (QED) is 0.891. The Hall–Kier alpha value is -1.59. The number of para-hydroxylation sites is 1. The van der Waals surface area contributed by atoms with Crippen LogP contribution in [0.25, 0.3) is 5.69 Å². The van der Waals surface area contributed by atoms with Crippen LogP contribution in [0, 0.1) is 13.8 Å². The van der Waals surface area contributed by atoms with E-state index < -0.39 is 0 Å². The first-order valence-corrected chi connectivity index (χ1v) is 7.69. The van der Waals surface area contributed by atoms with E-state index in [1.165, 1.54) is 0 Å². The molecule has 0 fully saturated rings. The van der Waals surface area contributed by atoms with Crippen LogP contribution in [0.4, 0.5) is 0 Å². The molecule has 0 spiro atoms. The Morgan fingerprint density at radius 3 is 2.67 bits per heavy atom. The number of nitrogens with one attached hydrogen (secondary N) is 1. The van der Waals surface area contributed by atoms with Gasteiger partial charge in [0.25, 0.3) is 5.91 Å². The summed E-state index contributed by atoms with van der Waals surface area (Å²) in [6, 6.07) is 9.84. The normalized spacial score (nSPS) is 12.2. The molecule has 112 valence electrons. The third-order valence-corrected chi connectivity index (χ3v) is 4.17. The molecule has 5 heteroatoms. The molecule has 3 N–H and O–H groups in total. The van der Waals surface area contributed by atoms with Crippen LogP contribution in [0.15, 0.2) is 34.8 Å². The number of aryl methyl sites for hydroxylation is 1. The molecule has 1 aromatic carbocycles. The standard InChI is InChI=1S/C16H20BrN3O/c1-10(9-18)19-16(21)13-8-11(2)20(12(13)3)15-7-5-4-6-14(15)17/h4-8,10H,9,18H2,1-3H3,(H,19,21)/t10-/m0/s1. The molecule has 0 saturated heterocycles. The lowest BCUT2D eigenvalue weighted by atomic mass is 10.2. The second kappa shape index (κ2) is 6.45. The van der Waals surface area contributed by atoms with E-state index >= 15 is 0 Å². The van der Waals surface area contributed by atoms with Crippen molar-refractivity contribution in [3.05, 3.63) is 51.8 Å². The van der Waals surface area contributed by atoms with E-state index in [0.717, 1.165) is 21.5 Å². The van der Waals surface area contributed by atoms with Gasteiger partial charge in [0, 0.05) is 28.4 Å². The Bertz CT molecular complexity index is 664. The van der Waals surface area contributed by atoms with Gasteiger partial charge < -0.3 is 15.6 Å². The minimum atomic E-state index is -0.0839. The highest BCUT2D eigenvalue weighted by Gasteiger charge is 2.18. The van der Waals surface area contributed by atoms with Gasteiger partial charge in [-0.25, -0.2) is 0 Å². The second-order valence-electron chi connectivity index (χ2n) is 5.18. The molecule has 1 amide bonds. The van der Waals surface area contributed by atoms with Crippen LogP contribution < -0.4 is 11.1 Å². The number of aromatic nitrogens is 1. The molecular formula is C16H20BrN3O. The van der Waals surface area contributed by atoms with E-state index in [9.17, 15) is 4.79 Å². The largest absolute Gasteiger partial charge is 0.348 e. The summed E-state index contributed by atoms with van der Waals surface area (Å²) >= 11 is 3.56. The number of amides is 1. The van der Waals surface area contributed by atoms with Crippen LogP contribution in [0.2, 0.25) is 0 Å². The number of carbonyl (C=O) groups excluding carboxylic acids is 1. The van der Waals surface area contributed by atoms with Crippen LogP contribution >= 0.6 is 15.9 Å². The Morgan fingerprint density at radius 2 is 2.05 bits per heavy atom. The zero-order valence-corrected chi connectivity index (χ0v) is 14.1. The highest BCUT2D eigenvalue weighted by Crippen LogP contribution is 2.26. The molecule has 1 aromatic heterocycles. The lowest BCUT2D eigenvalue weighted by Gasteiger charge is -2.13. The van der Waals surface area contributed by atoms with Gasteiger partial charge in [0.1, 0.15) is 0 Å². The van der Waals surface area contributed by atoms with Crippen LogP contribution in [-0.2, 0) is 0 Å². The van der Waals surface area contributed by atoms with Crippen LogP contribution in [0.1, 0.15) is 28.7 Å². The van der Waals surface area contributed by atoms with Crippen molar-refractivity contribution in [1.29, 1.82) is 0 Å². The van der Waals surface area contributed by atoms with Crippen molar-refractivity contribution in [2.45, 2.75) is 26.8 Å². The van der Waals surface area contributed by atoms with E-state index in [4.69, 9.17) is 5.73 Å². The predicted octanol–water partition coefficient (Wildman–Crippen LogP) is 2.93. The number of benzene rings is 1. The molecular weight excluding hydrogens is 330 g/mol. The number of halogens is 1. The van der Waals surface area contributed by atoms with Gasteiger partial charge in [-0.15, -0.1) is 0 Å². The van der Waals surface area contributed by atoms with Gasteiger partial charge in [-0.3, -0.25) is 4.79 Å². The maximum absolute atomic E-state index is 12.3. The maximum Gasteiger partial charge on any atom is 0.253 e. The van der Waals surface area contributed by atoms with E-state index in [1.807, 2.05) is 51.1 Å². The zero-order valence-electron chi connectivity index (χ0n) is 12.5. The number of hydrogen-bond donors (Lipinski definition) is 2. The van der Waals surface area contributed by atoms with Crippen LogP contribution in [-0.4, -0.2) is 23.1 Å². The number of carbonyl (C=O) groups is 1. The number of nitrogens with two attached hydrogens (primary N) is 1. The smallest absolute Gasteiger partial charge is 0.253 e. The summed E-state index contributed by atoms with van der Waals surface area (Å²) in [5.74, 6) is -0.0839. The Balaban J connectivity index is 2.43. The van der Waals surface area contributed by atoms with Crippen molar-refractivity contribution in [3.8, 4) is 5.69 Å². The molecule has 4 nitrogen and oxygen atoms in total. The number of rotatable bonds is 4. The van der Waals surface area contributed by atoms with Gasteiger partial charge in [0.05, 0.1) is 11.3 Å². The van der Waals surface area contributed by atoms with Gasteiger partial charge in [-0.05, 0) is 54.9 Å². The van der Waals surface area contributed by atoms with Crippen LogP contribution in [0.5, 0.6) is 0 Å². The molecule has 0 aliphatic rings. The predicted molar refractivity (Wildman–Crippen MR) is 88.9 cm³/mol. The lowest BCUT2D eigenvalue weighted by Crippen LogP contribution is -2.37. The minimum absolute atomic E-state index is 0.0379. The molecule has 21 heavy (non-hydrogen) atoms. The summed E-state index contributed by atoms with van der Waals surface area (Å²) in [7, 11) is 0. The Morgan fingerprint density at radius 1 is 1.38 bits per heavy atom. The third-order valence-electron chi connectivity index (χ3n) is 3.50. The maximum atomic E-state index is 12.3. The van der Waals surface area contributed by atoms with Gasteiger partial charge in [0.2, 0.25) is 0 Å². The molecule has 1 heterocycles. The first kappa shape index (κ1) is 15.8. The molecule has 2 rings (SSSR count). The molecule has 0 aliphatic carbocycles. The fourth-order valence-corrected chi connectivity index (χ4v) is 2.82. The van der Waals surface area contributed by atoms with Crippen molar-refractivity contribution >= 4 is 21.8 Å². The second-order valence-corrected chi connectivity index (χ2v) is 6.04. The average molecular weight is 350 g/mol. The molecule has 0 saturated carbocycles. The number of hydrogen-bond acceptors (Lipinski definition) is 2. The zero-order chi connectivity index (χ0) is 15.6. The average Bonchev–Trinajstić information content (AvgIpc) is 2.75. The lowest BCUT2D eigenvalue weighted by molar-refractivity contribution is 0.0940. The van der Waals surface area contributed by atoms with E-state index in [0.29, 0.717) is 12.1 Å². The van der Waals surface area contributed by atoms with E-state index in [1.54, 1.807) is 0 Å². The fourth-order valence-electron chi connectivity index (χ4n) is 2.36. The van der Waals surface area contributed by atoms with Gasteiger partial charge in [-0.1, -0.05) is 12.1 Å². The van der Waals surface area contributed by atoms with Gasteiger partial charge >= 0.3 is 0 Å². The van der Waals surface area contributed by atoms with Crippen LogP contribution in [0.3, 0.4) is 0 Å². The summed E-state index contributed by atoms with van der Waals surface area (Å²) in [6.45, 7) is 6.27. The minimum Gasteiger partial charge on any atom is -0.348 e. The van der Waals surface area contributed by atoms with Crippen molar-refractivity contribution in [2.75, 3.05) is 6.54 Å². The van der Waals surface area contributed by atoms with Crippen molar-refractivity contribution in [1.82, 2.24) is 9.88 Å². The first-order chi connectivity index (χ1) is 9.95. The monoisotopic (exact) mass is 349 g/mol. The highest BCUT2D eigenvalue weighted by atomic mass is 79.9. The van der Waals surface area contributed by atoms with Crippen molar-refractivity contribution < 1.29 is 4.79 Å². The fraction of sp³-hybridized carbons (Fsp3) is 0.312. The summed E-state index contributed by atoms with van der Waals surface area (Å²) in [4.78, 5) is 12.3. The number of nitrogens with zero attached hydrogens (tertiary/aromatic N) is 1. The highest BCUT2D eigenvalue weighted by molar-refractivity contribution is 9.10. The Kier molecular flexibility index (Phi) is 4.85. The molecule has 0 unspecified atom stereocenters.